The molecule has 0 amide bonds. The zero-order valence-corrected chi connectivity index (χ0v) is 15.0. The predicted octanol–water partition coefficient (Wildman–Crippen LogP) is 1.53. The van der Waals surface area contributed by atoms with E-state index < -0.39 is 0 Å². The Labute approximate surface area is 148 Å². The second kappa shape index (κ2) is 7.92. The van der Waals surface area contributed by atoms with Crippen LogP contribution >= 0.6 is 0 Å². The summed E-state index contributed by atoms with van der Waals surface area (Å²) in [5.74, 6) is 2.48. The third-order valence-corrected chi connectivity index (χ3v) is 4.44. The van der Waals surface area contributed by atoms with E-state index in [9.17, 15) is 0 Å². The van der Waals surface area contributed by atoms with E-state index in [-0.39, 0.29) is 0 Å². The largest absolute Gasteiger partial charge is 0.493 e. The molecule has 134 valence electrons. The smallest absolute Gasteiger partial charge is 0.194 e. The number of rotatable bonds is 5. The number of guanidine groups is 1. The molecule has 1 N–H and O–H groups in total. The number of fused-ring (bicyclic) bond motifs is 1. The van der Waals surface area contributed by atoms with Crippen LogP contribution in [0.15, 0.2) is 35.8 Å². The van der Waals surface area contributed by atoms with Crippen LogP contribution in [0.5, 0.6) is 11.5 Å². The van der Waals surface area contributed by atoms with E-state index >= 15 is 0 Å². The molecular weight excluding hydrogens is 318 g/mol. The topological polar surface area (TPSA) is 63.9 Å². The number of benzene rings is 1. The molecule has 1 aromatic heterocycles. The van der Waals surface area contributed by atoms with E-state index in [4.69, 9.17) is 9.47 Å². The lowest BCUT2D eigenvalue weighted by Gasteiger charge is -2.32. The molecule has 0 fully saturated rings. The molecule has 7 nitrogen and oxygen atoms in total. The van der Waals surface area contributed by atoms with Crippen molar-refractivity contribution < 1.29 is 9.47 Å². The number of imidazole rings is 1. The van der Waals surface area contributed by atoms with Gasteiger partial charge in [-0.05, 0) is 29.7 Å². The summed E-state index contributed by atoms with van der Waals surface area (Å²) in [5, 5.41) is 3.43. The van der Waals surface area contributed by atoms with Crippen molar-refractivity contribution in [1.82, 2.24) is 19.8 Å². The molecule has 0 saturated heterocycles. The highest BCUT2D eigenvalue weighted by atomic mass is 16.5. The van der Waals surface area contributed by atoms with Crippen molar-refractivity contribution in [3.8, 4) is 11.5 Å². The first kappa shape index (κ1) is 17.1. The fourth-order valence-electron chi connectivity index (χ4n) is 3.11. The molecule has 0 spiro atoms. The molecule has 1 aliphatic rings. The second-order valence-electron chi connectivity index (χ2n) is 5.92. The zero-order chi connectivity index (χ0) is 17.6. The molecule has 25 heavy (non-hydrogen) atoms. The maximum absolute atomic E-state index is 5.43. The van der Waals surface area contributed by atoms with Crippen molar-refractivity contribution in [3.63, 3.8) is 0 Å². The van der Waals surface area contributed by atoms with Crippen molar-refractivity contribution in [2.75, 3.05) is 34.4 Å². The Morgan fingerprint density at radius 1 is 1.24 bits per heavy atom. The molecule has 1 aliphatic heterocycles. The monoisotopic (exact) mass is 343 g/mol. The van der Waals surface area contributed by atoms with Gasteiger partial charge in [-0.3, -0.25) is 4.99 Å². The number of nitrogens with one attached hydrogen (secondary N) is 1. The number of aromatic nitrogens is 2. The lowest BCUT2D eigenvalue weighted by Crippen LogP contribution is -2.44. The molecule has 2 aromatic rings. The highest BCUT2D eigenvalue weighted by Gasteiger charge is 2.21. The maximum atomic E-state index is 5.43. The Morgan fingerprint density at radius 3 is 2.64 bits per heavy atom. The van der Waals surface area contributed by atoms with Crippen LogP contribution in [0.1, 0.15) is 11.1 Å². The number of hydrogen-bond donors (Lipinski definition) is 1. The number of aliphatic imine (C=N–C) groups is 1. The quantitative estimate of drug-likeness (QED) is 0.659. The Hall–Kier alpha value is -2.70. The van der Waals surface area contributed by atoms with Crippen LogP contribution in [0.4, 0.5) is 0 Å². The van der Waals surface area contributed by atoms with Crippen molar-refractivity contribution in [2.24, 2.45) is 4.99 Å². The van der Waals surface area contributed by atoms with Gasteiger partial charge in [-0.1, -0.05) is 0 Å². The molecular formula is C18H25N5O2. The summed E-state index contributed by atoms with van der Waals surface area (Å²) in [4.78, 5) is 10.8. The van der Waals surface area contributed by atoms with Crippen LogP contribution in [0.25, 0.3) is 0 Å². The van der Waals surface area contributed by atoms with Gasteiger partial charge in [0.05, 0.1) is 20.5 Å². The van der Waals surface area contributed by atoms with Crippen molar-refractivity contribution in [2.45, 2.75) is 19.5 Å². The Kier molecular flexibility index (Phi) is 5.42. The summed E-state index contributed by atoms with van der Waals surface area (Å²) in [6, 6.07) is 4.15. The fourth-order valence-corrected chi connectivity index (χ4v) is 3.11. The SMILES string of the molecule is CN=C(NCCn1ccnc1)N1CCc2cc(OC)c(OC)cc2C1. The first-order chi connectivity index (χ1) is 12.2. The lowest BCUT2D eigenvalue weighted by molar-refractivity contribution is 0.345. The van der Waals surface area contributed by atoms with E-state index in [1.165, 1.54) is 11.1 Å². The summed E-state index contributed by atoms with van der Waals surface area (Å²) < 4.78 is 12.9. The van der Waals surface area contributed by atoms with E-state index in [2.05, 4.69) is 32.3 Å². The van der Waals surface area contributed by atoms with Gasteiger partial charge in [0.1, 0.15) is 0 Å². The van der Waals surface area contributed by atoms with Crippen molar-refractivity contribution >= 4 is 5.96 Å². The molecule has 1 aromatic carbocycles. The maximum Gasteiger partial charge on any atom is 0.194 e. The minimum Gasteiger partial charge on any atom is -0.493 e. The summed E-state index contributed by atoms with van der Waals surface area (Å²) in [5.41, 5.74) is 2.56. The Balaban J connectivity index is 1.65. The summed E-state index contributed by atoms with van der Waals surface area (Å²) in [7, 11) is 5.16. The van der Waals surface area contributed by atoms with E-state index in [1.807, 2.05) is 24.1 Å². The molecule has 0 bridgehead atoms. The summed E-state index contributed by atoms with van der Waals surface area (Å²) in [6.07, 6.45) is 6.53. The minimum atomic E-state index is 0.770. The third kappa shape index (κ3) is 3.87. The number of hydrogen-bond acceptors (Lipinski definition) is 4. The van der Waals surface area contributed by atoms with Gasteiger partial charge in [-0.15, -0.1) is 0 Å². The van der Waals surface area contributed by atoms with Gasteiger partial charge in [0.25, 0.3) is 0 Å². The Bertz CT molecular complexity index is 727. The van der Waals surface area contributed by atoms with Gasteiger partial charge in [0.15, 0.2) is 17.5 Å². The van der Waals surface area contributed by atoms with Crippen LogP contribution in [-0.4, -0.2) is 54.8 Å². The standard InChI is InChI=1S/C18H25N5O2/c1-19-18(21-6-9-22-8-5-20-13-22)23-7-4-14-10-16(24-2)17(25-3)11-15(14)12-23/h5,8,10-11,13H,4,6-7,9,12H2,1-3H3,(H,19,21). The molecule has 0 aliphatic carbocycles. The second-order valence-corrected chi connectivity index (χ2v) is 5.92. The normalized spacial score (nSPS) is 14.2. The van der Waals surface area contributed by atoms with Gasteiger partial charge in [-0.25, -0.2) is 4.98 Å². The van der Waals surface area contributed by atoms with Crippen molar-refractivity contribution in [1.29, 1.82) is 0 Å². The minimum absolute atomic E-state index is 0.770. The van der Waals surface area contributed by atoms with Gasteiger partial charge in [-0.2, -0.15) is 0 Å². The van der Waals surface area contributed by atoms with E-state index in [0.29, 0.717) is 0 Å². The third-order valence-electron chi connectivity index (χ3n) is 4.44. The van der Waals surface area contributed by atoms with Gasteiger partial charge in [0.2, 0.25) is 0 Å². The molecule has 0 atom stereocenters. The molecule has 0 saturated carbocycles. The van der Waals surface area contributed by atoms with Crippen LogP contribution in [-0.2, 0) is 19.5 Å². The van der Waals surface area contributed by atoms with E-state index in [0.717, 1.165) is 50.1 Å². The lowest BCUT2D eigenvalue weighted by atomic mass is 9.99. The molecule has 3 rings (SSSR count). The van der Waals surface area contributed by atoms with Crippen molar-refractivity contribution in [3.05, 3.63) is 42.0 Å². The number of methoxy groups -OCH3 is 2. The highest BCUT2D eigenvalue weighted by Crippen LogP contribution is 2.33. The van der Waals surface area contributed by atoms with Crippen LogP contribution < -0.4 is 14.8 Å². The molecule has 0 radical (unpaired) electrons. The summed E-state index contributed by atoms with van der Waals surface area (Å²) >= 11 is 0. The van der Waals surface area contributed by atoms with Crippen LogP contribution in [0.2, 0.25) is 0 Å². The molecule has 0 unspecified atom stereocenters. The zero-order valence-electron chi connectivity index (χ0n) is 15.0. The summed E-state index contributed by atoms with van der Waals surface area (Å²) in [6.45, 7) is 3.39. The predicted molar refractivity (Wildman–Crippen MR) is 97.2 cm³/mol. The molecule has 7 heteroatoms. The van der Waals surface area contributed by atoms with Crippen LogP contribution in [0.3, 0.4) is 0 Å². The first-order valence-electron chi connectivity index (χ1n) is 8.40. The highest BCUT2D eigenvalue weighted by molar-refractivity contribution is 5.80. The van der Waals surface area contributed by atoms with E-state index in [1.54, 1.807) is 20.4 Å². The van der Waals surface area contributed by atoms with Gasteiger partial charge in [0, 0.05) is 45.6 Å². The van der Waals surface area contributed by atoms with Crippen LogP contribution in [0, 0.1) is 0 Å². The number of nitrogens with zero attached hydrogens (tertiary/aromatic N) is 4. The average Bonchev–Trinajstić information content (AvgIpc) is 3.17. The van der Waals surface area contributed by atoms with Gasteiger partial charge >= 0.3 is 0 Å². The molecule has 2 heterocycles. The Morgan fingerprint density at radius 2 is 2.00 bits per heavy atom. The fraction of sp³-hybridized carbons (Fsp3) is 0.444. The average molecular weight is 343 g/mol. The number of ether oxygens (including phenoxy) is 2. The van der Waals surface area contributed by atoms with Gasteiger partial charge < -0.3 is 24.3 Å². The first-order valence-corrected chi connectivity index (χ1v) is 8.40.